The van der Waals surface area contributed by atoms with Gasteiger partial charge in [0.05, 0.1) is 6.20 Å². The summed E-state index contributed by atoms with van der Waals surface area (Å²) in [6.45, 7) is 6.91. The first-order chi connectivity index (χ1) is 9.61. The molecule has 0 atom stereocenters. The van der Waals surface area contributed by atoms with E-state index >= 15 is 0 Å². The average Bonchev–Trinajstić information content (AvgIpc) is 2.80. The van der Waals surface area contributed by atoms with Crippen molar-refractivity contribution in [2.45, 2.75) is 33.5 Å². The van der Waals surface area contributed by atoms with Crippen LogP contribution in [0.5, 0.6) is 0 Å². The maximum atomic E-state index is 4.36. The quantitative estimate of drug-likeness (QED) is 0.877. The molecular formula is C16H24N4. The Kier molecular flexibility index (Phi) is 4.79. The van der Waals surface area contributed by atoms with Crippen molar-refractivity contribution in [2.75, 3.05) is 19.0 Å². The van der Waals surface area contributed by atoms with Crippen molar-refractivity contribution in [2.24, 2.45) is 0 Å². The summed E-state index contributed by atoms with van der Waals surface area (Å²) in [5.41, 5.74) is 5.06. The minimum absolute atomic E-state index is 0.862. The summed E-state index contributed by atoms with van der Waals surface area (Å²) in [6, 6.07) is 8.64. The lowest BCUT2D eigenvalue weighted by Crippen LogP contribution is -2.14. The Balaban J connectivity index is 1.87. The van der Waals surface area contributed by atoms with Crippen molar-refractivity contribution in [3.05, 3.63) is 47.3 Å². The second-order valence-electron chi connectivity index (χ2n) is 5.24. The molecule has 20 heavy (non-hydrogen) atoms. The highest BCUT2D eigenvalue weighted by Crippen LogP contribution is 2.12. The van der Waals surface area contributed by atoms with Crippen LogP contribution in [0.15, 0.2) is 30.5 Å². The third-order valence-electron chi connectivity index (χ3n) is 3.60. The van der Waals surface area contributed by atoms with Gasteiger partial charge in [0, 0.05) is 50.7 Å². The lowest BCUT2D eigenvalue weighted by atomic mass is 10.2. The van der Waals surface area contributed by atoms with Crippen LogP contribution >= 0.6 is 0 Å². The van der Waals surface area contributed by atoms with Gasteiger partial charge in [0.15, 0.2) is 0 Å². The van der Waals surface area contributed by atoms with Crippen molar-refractivity contribution in [1.29, 1.82) is 0 Å². The molecule has 1 heterocycles. The van der Waals surface area contributed by atoms with Crippen LogP contribution in [0.3, 0.4) is 0 Å². The molecule has 1 N–H and O–H groups in total. The first-order valence-corrected chi connectivity index (χ1v) is 7.10. The van der Waals surface area contributed by atoms with E-state index in [1.54, 1.807) is 0 Å². The molecule has 0 bridgehead atoms. The predicted molar refractivity (Wildman–Crippen MR) is 84.0 cm³/mol. The molecule has 0 saturated heterocycles. The normalized spacial score (nSPS) is 10.8. The highest BCUT2D eigenvalue weighted by Gasteiger charge is 2.04. The summed E-state index contributed by atoms with van der Waals surface area (Å²) < 4.78 is 2.03. The lowest BCUT2D eigenvalue weighted by Gasteiger charge is -2.13. The second-order valence-corrected chi connectivity index (χ2v) is 5.24. The molecule has 1 aromatic carbocycles. The minimum atomic E-state index is 0.862. The molecule has 2 aromatic rings. The maximum Gasteiger partial charge on any atom is 0.0537 e. The Morgan fingerprint density at radius 2 is 1.85 bits per heavy atom. The predicted octanol–water partition coefficient (Wildman–Crippen LogP) is 2.57. The van der Waals surface area contributed by atoms with E-state index in [4.69, 9.17) is 0 Å². The molecule has 0 amide bonds. The number of rotatable bonds is 6. The zero-order valence-electron chi connectivity index (χ0n) is 12.8. The molecule has 0 aliphatic heterocycles. The number of hydrogen-bond acceptors (Lipinski definition) is 3. The van der Waals surface area contributed by atoms with Crippen LogP contribution in [0.25, 0.3) is 0 Å². The molecule has 0 radical (unpaired) electrons. The zero-order valence-corrected chi connectivity index (χ0v) is 12.8. The maximum absolute atomic E-state index is 4.36. The monoisotopic (exact) mass is 272 g/mol. The van der Waals surface area contributed by atoms with E-state index in [0.29, 0.717) is 0 Å². The lowest BCUT2D eigenvalue weighted by molar-refractivity contribution is 0.633. The molecule has 0 saturated carbocycles. The van der Waals surface area contributed by atoms with Crippen molar-refractivity contribution < 1.29 is 0 Å². The fraction of sp³-hybridized carbons (Fsp3) is 0.438. The van der Waals surface area contributed by atoms with Gasteiger partial charge in [0.2, 0.25) is 0 Å². The summed E-state index contributed by atoms with van der Waals surface area (Å²) in [6.07, 6.45) is 1.96. The smallest absolute Gasteiger partial charge is 0.0537 e. The molecule has 108 valence electrons. The molecule has 0 fully saturated rings. The Morgan fingerprint density at radius 1 is 1.15 bits per heavy atom. The van der Waals surface area contributed by atoms with Crippen LogP contribution in [0.4, 0.5) is 5.69 Å². The number of nitrogens with one attached hydrogen (secondary N) is 1. The van der Waals surface area contributed by atoms with Gasteiger partial charge < -0.3 is 10.2 Å². The van der Waals surface area contributed by atoms with Gasteiger partial charge in [-0.05, 0) is 31.5 Å². The Morgan fingerprint density at radius 3 is 2.40 bits per heavy atom. The van der Waals surface area contributed by atoms with Crippen molar-refractivity contribution in [3.8, 4) is 0 Å². The second kappa shape index (κ2) is 6.57. The van der Waals surface area contributed by atoms with Gasteiger partial charge >= 0.3 is 0 Å². The number of aryl methyl sites for hydroxylation is 1. The number of aromatic nitrogens is 2. The highest BCUT2D eigenvalue weighted by atomic mass is 15.3. The number of nitrogens with zero attached hydrogens (tertiary/aromatic N) is 3. The van der Waals surface area contributed by atoms with Crippen LogP contribution in [-0.4, -0.2) is 23.9 Å². The van der Waals surface area contributed by atoms with Crippen LogP contribution in [-0.2, 0) is 19.6 Å². The molecule has 0 unspecified atom stereocenters. The van der Waals surface area contributed by atoms with Crippen molar-refractivity contribution in [1.82, 2.24) is 15.1 Å². The van der Waals surface area contributed by atoms with E-state index in [0.717, 1.165) is 19.6 Å². The van der Waals surface area contributed by atoms with E-state index in [-0.39, 0.29) is 0 Å². The standard InChI is InChI=1S/C16H24N4/c1-5-20-13(2)15(12-18-20)11-17-10-14-6-8-16(9-7-14)19(3)4/h6-9,12,17H,5,10-11H2,1-4H3. The van der Waals surface area contributed by atoms with E-state index in [1.807, 2.05) is 10.9 Å². The van der Waals surface area contributed by atoms with E-state index in [2.05, 4.69) is 67.5 Å². The highest BCUT2D eigenvalue weighted by molar-refractivity contribution is 5.45. The van der Waals surface area contributed by atoms with Crippen molar-refractivity contribution in [3.63, 3.8) is 0 Å². The first-order valence-electron chi connectivity index (χ1n) is 7.10. The molecule has 2 rings (SSSR count). The number of hydrogen-bond donors (Lipinski definition) is 1. The Labute approximate surface area is 121 Å². The van der Waals surface area contributed by atoms with E-state index in [9.17, 15) is 0 Å². The van der Waals surface area contributed by atoms with Gasteiger partial charge in [0.25, 0.3) is 0 Å². The summed E-state index contributed by atoms with van der Waals surface area (Å²) >= 11 is 0. The van der Waals surface area contributed by atoms with Crippen LogP contribution in [0.2, 0.25) is 0 Å². The van der Waals surface area contributed by atoms with Gasteiger partial charge in [-0.25, -0.2) is 0 Å². The Bertz CT molecular complexity index is 540. The molecular weight excluding hydrogens is 248 g/mol. The van der Waals surface area contributed by atoms with Crippen molar-refractivity contribution >= 4 is 5.69 Å². The fourth-order valence-electron chi connectivity index (χ4n) is 2.23. The molecule has 0 spiro atoms. The average molecular weight is 272 g/mol. The number of anilines is 1. The van der Waals surface area contributed by atoms with Crippen LogP contribution < -0.4 is 10.2 Å². The van der Waals surface area contributed by atoms with E-state index < -0.39 is 0 Å². The van der Waals surface area contributed by atoms with Crippen LogP contribution in [0.1, 0.15) is 23.7 Å². The summed E-state index contributed by atoms with van der Waals surface area (Å²) in [7, 11) is 4.11. The molecule has 0 aliphatic rings. The third-order valence-corrected chi connectivity index (χ3v) is 3.60. The minimum Gasteiger partial charge on any atom is -0.378 e. The number of benzene rings is 1. The first kappa shape index (κ1) is 14.6. The molecule has 0 aliphatic carbocycles. The van der Waals surface area contributed by atoms with Gasteiger partial charge in [-0.2, -0.15) is 5.10 Å². The third kappa shape index (κ3) is 3.39. The SMILES string of the molecule is CCn1ncc(CNCc2ccc(N(C)C)cc2)c1C. The Hall–Kier alpha value is -1.81. The molecule has 4 nitrogen and oxygen atoms in total. The summed E-state index contributed by atoms with van der Waals surface area (Å²) in [4.78, 5) is 2.11. The zero-order chi connectivity index (χ0) is 14.5. The van der Waals surface area contributed by atoms with Gasteiger partial charge in [-0.1, -0.05) is 12.1 Å². The van der Waals surface area contributed by atoms with Gasteiger partial charge in [-0.3, -0.25) is 4.68 Å². The largest absolute Gasteiger partial charge is 0.378 e. The van der Waals surface area contributed by atoms with Crippen LogP contribution in [0, 0.1) is 6.92 Å². The van der Waals surface area contributed by atoms with E-state index in [1.165, 1.54) is 22.5 Å². The summed E-state index contributed by atoms with van der Waals surface area (Å²) in [5.74, 6) is 0. The fourth-order valence-corrected chi connectivity index (χ4v) is 2.23. The molecule has 1 aromatic heterocycles. The van der Waals surface area contributed by atoms with Gasteiger partial charge in [-0.15, -0.1) is 0 Å². The topological polar surface area (TPSA) is 33.1 Å². The molecule has 4 heteroatoms. The summed E-state index contributed by atoms with van der Waals surface area (Å²) in [5, 5.41) is 7.84. The van der Waals surface area contributed by atoms with Gasteiger partial charge in [0.1, 0.15) is 0 Å².